The molecule has 1 heterocycles. The largest absolute Gasteiger partial charge is 0.162 e. The second kappa shape index (κ2) is 19.5. The second-order valence-corrected chi connectivity index (χ2v) is 17.0. The van der Waals surface area contributed by atoms with Gasteiger partial charge in [-0.1, -0.05) is 114 Å². The van der Waals surface area contributed by atoms with Crippen LogP contribution in [0.25, 0.3) is 21.6 Å². The summed E-state index contributed by atoms with van der Waals surface area (Å²) in [6, 6.07) is 19.4. The summed E-state index contributed by atoms with van der Waals surface area (Å²) in [5.41, 5.74) is 9.23. The molecule has 1 aliphatic carbocycles. The summed E-state index contributed by atoms with van der Waals surface area (Å²) in [6.07, 6.45) is 21.8. The highest BCUT2D eigenvalue weighted by molar-refractivity contribution is 7.99. The molecular weight excluding hydrogens is 589 g/mol. The fraction of sp³-hybridized carbons (Fsp3) is 0.610. The average Bonchev–Trinajstić information content (AvgIpc) is 3.58. The molecule has 0 radical (unpaired) electrons. The average molecular weight is 649 g/mol. The third-order valence-corrected chi connectivity index (χ3v) is 13.0. The van der Waals surface area contributed by atoms with Crippen molar-refractivity contribution in [2.75, 3.05) is 23.0 Å². The quantitative estimate of drug-likeness (QED) is 0.0938. The molecule has 0 unspecified atom stereocenters. The van der Waals surface area contributed by atoms with Gasteiger partial charge in [0.05, 0.1) is 0 Å². The number of aryl methyl sites for hydroxylation is 2. The zero-order valence-corrected chi connectivity index (χ0v) is 30.9. The molecule has 0 bridgehead atoms. The Hall–Kier alpha value is -1.16. The summed E-state index contributed by atoms with van der Waals surface area (Å²) >= 11 is 6.33. The van der Waals surface area contributed by atoms with E-state index >= 15 is 0 Å². The molecule has 0 atom stereocenters. The van der Waals surface area contributed by atoms with E-state index < -0.39 is 0 Å². The Labute approximate surface area is 284 Å². The molecule has 2 aromatic carbocycles. The fourth-order valence-electron chi connectivity index (χ4n) is 7.10. The molecule has 1 aromatic heterocycles. The van der Waals surface area contributed by atoms with Crippen molar-refractivity contribution in [3.63, 3.8) is 0 Å². The summed E-state index contributed by atoms with van der Waals surface area (Å²) in [5.74, 6) is 5.38. The summed E-state index contributed by atoms with van der Waals surface area (Å²) < 4.78 is 0. The summed E-state index contributed by atoms with van der Waals surface area (Å²) in [4.78, 5) is 2.82. The minimum absolute atomic E-state index is 0.152. The van der Waals surface area contributed by atoms with Gasteiger partial charge in [-0.2, -0.15) is 23.5 Å². The lowest BCUT2D eigenvalue weighted by molar-refractivity contribution is 0.406. The van der Waals surface area contributed by atoms with Crippen molar-refractivity contribution in [1.29, 1.82) is 0 Å². The Balaban J connectivity index is 1.46. The van der Waals surface area contributed by atoms with Crippen LogP contribution in [0.3, 0.4) is 0 Å². The maximum Gasteiger partial charge on any atom is 0.0345 e. The van der Waals surface area contributed by atoms with Gasteiger partial charge in [0.1, 0.15) is 0 Å². The Morgan fingerprint density at radius 2 is 1.07 bits per heavy atom. The van der Waals surface area contributed by atoms with E-state index in [1.807, 2.05) is 11.3 Å². The predicted octanol–water partition coefficient (Wildman–Crippen LogP) is 14.0. The van der Waals surface area contributed by atoms with E-state index in [2.05, 4.69) is 99.7 Å². The van der Waals surface area contributed by atoms with Crippen molar-refractivity contribution in [2.24, 2.45) is 0 Å². The molecule has 4 rings (SSSR count). The van der Waals surface area contributed by atoms with Crippen LogP contribution in [-0.2, 0) is 5.41 Å². The Bertz CT molecular complexity index is 1210. The molecule has 0 fully saturated rings. The number of thioether (sulfide) groups is 2. The van der Waals surface area contributed by atoms with Crippen LogP contribution in [0.2, 0.25) is 0 Å². The molecule has 0 spiro atoms. The number of unbranched alkanes of at least 4 members (excludes halogenated alkanes) is 10. The van der Waals surface area contributed by atoms with E-state index in [4.69, 9.17) is 0 Å². The molecule has 0 saturated carbocycles. The number of rotatable bonds is 23. The van der Waals surface area contributed by atoms with Crippen molar-refractivity contribution in [3.8, 4) is 21.6 Å². The van der Waals surface area contributed by atoms with Crippen LogP contribution < -0.4 is 0 Å². The number of benzene rings is 2. The number of hydrogen-bond donors (Lipinski definition) is 0. The SMILES string of the molecule is CCCCCCSCCCCCC1(CCCCCSCCCCCC)c2cc(C)ccc2-c2ccc(-c3ccc(C)s3)cc21. The fourth-order valence-corrected chi connectivity index (χ4v) is 10.0. The van der Waals surface area contributed by atoms with Gasteiger partial charge < -0.3 is 0 Å². The molecule has 3 aromatic rings. The zero-order valence-electron chi connectivity index (χ0n) is 28.5. The van der Waals surface area contributed by atoms with Crippen molar-refractivity contribution in [2.45, 2.75) is 136 Å². The molecule has 1 aliphatic rings. The van der Waals surface area contributed by atoms with Gasteiger partial charge in [-0.3, -0.25) is 0 Å². The summed E-state index contributed by atoms with van der Waals surface area (Å²) in [5, 5.41) is 0. The molecular formula is C41H60S3. The maximum atomic E-state index is 2.61. The van der Waals surface area contributed by atoms with Crippen molar-refractivity contribution in [1.82, 2.24) is 0 Å². The van der Waals surface area contributed by atoms with E-state index in [9.17, 15) is 0 Å². The molecule has 0 N–H and O–H groups in total. The molecule has 0 saturated heterocycles. The van der Waals surface area contributed by atoms with E-state index in [-0.39, 0.29) is 5.41 Å². The van der Waals surface area contributed by atoms with Gasteiger partial charge in [-0.05, 0) is 121 Å². The van der Waals surface area contributed by atoms with Crippen LogP contribution in [0, 0.1) is 13.8 Å². The van der Waals surface area contributed by atoms with Gasteiger partial charge in [-0.25, -0.2) is 0 Å². The van der Waals surface area contributed by atoms with Gasteiger partial charge in [-0.15, -0.1) is 11.3 Å². The Kier molecular flexibility index (Phi) is 15.8. The summed E-state index contributed by atoms with van der Waals surface area (Å²) in [7, 11) is 0. The lowest BCUT2D eigenvalue weighted by atomic mass is 9.70. The normalized spacial score (nSPS) is 13.4. The van der Waals surface area contributed by atoms with Crippen LogP contribution in [0.5, 0.6) is 0 Å². The number of thiophene rings is 1. The van der Waals surface area contributed by atoms with Crippen molar-refractivity contribution < 1.29 is 0 Å². The molecule has 44 heavy (non-hydrogen) atoms. The first-order valence-corrected chi connectivity index (χ1v) is 21.2. The lowest BCUT2D eigenvalue weighted by Gasteiger charge is -2.33. The van der Waals surface area contributed by atoms with Crippen LogP contribution in [0.1, 0.15) is 138 Å². The Morgan fingerprint density at radius 1 is 0.545 bits per heavy atom. The van der Waals surface area contributed by atoms with E-state index in [0.717, 1.165) is 0 Å². The number of fused-ring (bicyclic) bond motifs is 3. The van der Waals surface area contributed by atoms with Gasteiger partial charge in [0.25, 0.3) is 0 Å². The topological polar surface area (TPSA) is 0 Å². The van der Waals surface area contributed by atoms with Crippen LogP contribution in [-0.4, -0.2) is 23.0 Å². The first kappa shape index (κ1) is 35.7. The highest BCUT2D eigenvalue weighted by atomic mass is 32.2. The molecule has 242 valence electrons. The molecule has 3 heteroatoms. The minimum Gasteiger partial charge on any atom is -0.162 e. The second-order valence-electron chi connectivity index (χ2n) is 13.3. The lowest BCUT2D eigenvalue weighted by Crippen LogP contribution is -2.25. The van der Waals surface area contributed by atoms with E-state index in [1.165, 1.54) is 158 Å². The third-order valence-electron chi connectivity index (χ3n) is 9.61. The molecule has 0 aliphatic heterocycles. The van der Waals surface area contributed by atoms with Crippen molar-refractivity contribution >= 4 is 34.9 Å². The number of hydrogen-bond acceptors (Lipinski definition) is 3. The van der Waals surface area contributed by atoms with Gasteiger partial charge in [0, 0.05) is 15.2 Å². The van der Waals surface area contributed by atoms with E-state index in [1.54, 1.807) is 11.1 Å². The molecule has 0 amide bonds. The summed E-state index contributed by atoms with van der Waals surface area (Å²) in [6.45, 7) is 9.14. The highest BCUT2D eigenvalue weighted by Gasteiger charge is 2.42. The molecule has 0 nitrogen and oxygen atoms in total. The van der Waals surface area contributed by atoms with Gasteiger partial charge >= 0.3 is 0 Å². The first-order valence-electron chi connectivity index (χ1n) is 18.1. The highest BCUT2D eigenvalue weighted by Crippen LogP contribution is 2.55. The first-order chi connectivity index (χ1) is 21.6. The van der Waals surface area contributed by atoms with Gasteiger partial charge in [0.15, 0.2) is 0 Å². The third kappa shape index (κ3) is 10.2. The Morgan fingerprint density at radius 3 is 1.59 bits per heavy atom. The van der Waals surface area contributed by atoms with Gasteiger partial charge in [0.2, 0.25) is 0 Å². The maximum absolute atomic E-state index is 2.61. The smallest absolute Gasteiger partial charge is 0.0345 e. The predicted molar refractivity (Wildman–Crippen MR) is 205 cm³/mol. The van der Waals surface area contributed by atoms with Crippen LogP contribution in [0.4, 0.5) is 0 Å². The van der Waals surface area contributed by atoms with Crippen LogP contribution >= 0.6 is 34.9 Å². The van der Waals surface area contributed by atoms with E-state index in [0.29, 0.717) is 0 Å². The zero-order chi connectivity index (χ0) is 31.0. The minimum atomic E-state index is 0.152. The van der Waals surface area contributed by atoms with Crippen LogP contribution in [0.15, 0.2) is 48.5 Å². The van der Waals surface area contributed by atoms with Crippen molar-refractivity contribution in [3.05, 3.63) is 70.1 Å². The monoisotopic (exact) mass is 648 g/mol. The standard InChI is InChI=1S/C41H60S3/c1-5-7-9-15-27-42-29-17-11-13-25-41(26-14-12-18-30-43-28-16-10-8-6-2)38-31-33(3)19-22-36(38)37-23-21-35(32-39(37)41)40-24-20-34(4)44-40/h19-24,31-32H,5-18,25-30H2,1-4H3.